The predicted molar refractivity (Wildman–Crippen MR) is 80.0 cm³/mol. The summed E-state index contributed by atoms with van der Waals surface area (Å²) in [5.74, 6) is -3.11. The van der Waals surface area contributed by atoms with Crippen LogP contribution in [0.2, 0.25) is 0 Å². The average molecular weight is 329 g/mol. The number of amides is 1. The standard InChI is InChI=1S/C16H13NO5S/c1-9(18)17-10-6-7-14(12(8-10)16(21)22)23-13-5-3-2-4-11(13)15(19)20/h2-8H,1H3,(H,17,18)(H,19,20)(H,21,22)/p-2. The number of benzene rings is 2. The van der Waals surface area contributed by atoms with Crippen LogP contribution in [0, 0.1) is 0 Å². The quantitative estimate of drug-likeness (QED) is 0.856. The van der Waals surface area contributed by atoms with Gasteiger partial charge < -0.3 is 25.1 Å². The lowest BCUT2D eigenvalue weighted by Crippen LogP contribution is -2.24. The van der Waals surface area contributed by atoms with Crippen LogP contribution in [-0.4, -0.2) is 17.8 Å². The molecule has 0 saturated carbocycles. The lowest BCUT2D eigenvalue weighted by Gasteiger charge is -2.14. The van der Waals surface area contributed by atoms with Gasteiger partial charge in [-0.15, -0.1) is 0 Å². The van der Waals surface area contributed by atoms with Gasteiger partial charge in [0.15, 0.2) is 0 Å². The molecule has 1 amide bonds. The maximum atomic E-state index is 11.3. The van der Waals surface area contributed by atoms with Crippen LogP contribution in [0.4, 0.5) is 5.69 Å². The molecule has 0 aliphatic heterocycles. The van der Waals surface area contributed by atoms with Gasteiger partial charge in [-0.2, -0.15) is 0 Å². The fraction of sp³-hybridized carbons (Fsp3) is 0.0625. The van der Waals surface area contributed by atoms with Crippen molar-refractivity contribution in [3.05, 3.63) is 53.6 Å². The molecule has 0 radical (unpaired) electrons. The lowest BCUT2D eigenvalue weighted by molar-refractivity contribution is -0.256. The summed E-state index contributed by atoms with van der Waals surface area (Å²) in [6, 6.07) is 10.4. The first-order valence-corrected chi connectivity index (χ1v) is 7.31. The summed E-state index contributed by atoms with van der Waals surface area (Å²) >= 11 is 0.971. The van der Waals surface area contributed by atoms with Gasteiger partial charge in [-0.1, -0.05) is 30.0 Å². The summed E-state index contributed by atoms with van der Waals surface area (Å²) in [5.41, 5.74) is 0.136. The van der Waals surface area contributed by atoms with Crippen molar-refractivity contribution in [1.29, 1.82) is 0 Å². The summed E-state index contributed by atoms with van der Waals surface area (Å²) in [4.78, 5) is 34.1. The van der Waals surface area contributed by atoms with E-state index in [0.29, 0.717) is 15.5 Å². The zero-order chi connectivity index (χ0) is 17.0. The molecule has 0 aromatic heterocycles. The highest BCUT2D eigenvalue weighted by Crippen LogP contribution is 2.33. The fourth-order valence-corrected chi connectivity index (χ4v) is 2.94. The Balaban J connectivity index is 2.42. The molecule has 0 aliphatic carbocycles. The van der Waals surface area contributed by atoms with Crippen LogP contribution >= 0.6 is 11.8 Å². The fourth-order valence-electron chi connectivity index (χ4n) is 1.90. The SMILES string of the molecule is CC(=O)Nc1ccc(Sc2ccccc2C(=O)[O-])c(C(=O)[O-])c1. The Morgan fingerprint density at radius 1 is 0.913 bits per heavy atom. The Morgan fingerprint density at radius 2 is 1.52 bits per heavy atom. The third-order valence-corrected chi connectivity index (χ3v) is 4.00. The molecule has 0 saturated heterocycles. The molecule has 0 spiro atoms. The molecule has 23 heavy (non-hydrogen) atoms. The summed E-state index contributed by atoms with van der Waals surface area (Å²) in [7, 11) is 0. The van der Waals surface area contributed by atoms with Gasteiger partial charge in [0.25, 0.3) is 0 Å². The first-order valence-electron chi connectivity index (χ1n) is 6.49. The summed E-state index contributed by atoms with van der Waals surface area (Å²) in [5, 5.41) is 24.9. The second kappa shape index (κ2) is 6.97. The van der Waals surface area contributed by atoms with Crippen molar-refractivity contribution < 1.29 is 24.6 Å². The zero-order valence-corrected chi connectivity index (χ0v) is 12.8. The number of nitrogens with one attached hydrogen (secondary N) is 1. The third kappa shape index (κ3) is 4.10. The van der Waals surface area contributed by atoms with Crippen molar-refractivity contribution in [3.8, 4) is 0 Å². The van der Waals surface area contributed by atoms with Crippen LogP contribution in [0.15, 0.2) is 52.3 Å². The van der Waals surface area contributed by atoms with E-state index in [4.69, 9.17) is 0 Å². The number of carboxylic acids is 2. The minimum atomic E-state index is -1.43. The summed E-state index contributed by atoms with van der Waals surface area (Å²) < 4.78 is 0. The molecule has 2 aromatic carbocycles. The number of hydrogen-bond acceptors (Lipinski definition) is 6. The maximum absolute atomic E-state index is 11.3. The molecule has 6 nitrogen and oxygen atoms in total. The second-order valence-electron chi connectivity index (χ2n) is 4.57. The monoisotopic (exact) mass is 329 g/mol. The van der Waals surface area contributed by atoms with Gasteiger partial charge in [-0.3, -0.25) is 4.79 Å². The van der Waals surface area contributed by atoms with E-state index in [1.54, 1.807) is 18.2 Å². The van der Waals surface area contributed by atoms with Crippen molar-refractivity contribution in [3.63, 3.8) is 0 Å². The Bertz CT molecular complexity index is 788. The Labute approximate surface area is 136 Å². The van der Waals surface area contributed by atoms with Gasteiger partial charge in [-0.05, 0) is 24.3 Å². The van der Waals surface area contributed by atoms with Crippen LogP contribution in [0.3, 0.4) is 0 Å². The number of carboxylic acid groups (broad SMARTS) is 2. The number of rotatable bonds is 5. The Morgan fingerprint density at radius 3 is 2.13 bits per heavy atom. The van der Waals surface area contributed by atoms with Gasteiger partial charge in [0.05, 0.1) is 11.9 Å². The number of carbonyl (C=O) groups excluding carboxylic acids is 3. The van der Waals surface area contributed by atoms with Crippen molar-refractivity contribution in [1.82, 2.24) is 0 Å². The molecular weight excluding hydrogens is 318 g/mol. The molecule has 2 rings (SSSR count). The topological polar surface area (TPSA) is 109 Å². The molecular formula is C16H11NO5S-2. The van der Waals surface area contributed by atoms with Gasteiger partial charge in [0.1, 0.15) is 0 Å². The summed E-state index contributed by atoms with van der Waals surface area (Å²) in [6.07, 6.45) is 0. The van der Waals surface area contributed by atoms with Crippen LogP contribution in [0.5, 0.6) is 0 Å². The first-order chi connectivity index (χ1) is 10.9. The zero-order valence-electron chi connectivity index (χ0n) is 12.0. The summed E-state index contributed by atoms with van der Waals surface area (Å²) in [6.45, 7) is 1.30. The van der Waals surface area contributed by atoms with Gasteiger partial charge in [0, 0.05) is 33.5 Å². The molecule has 0 bridgehead atoms. The van der Waals surface area contributed by atoms with Gasteiger partial charge >= 0.3 is 0 Å². The van der Waals surface area contributed by atoms with E-state index in [2.05, 4.69) is 5.32 Å². The van der Waals surface area contributed by atoms with E-state index in [1.807, 2.05) is 0 Å². The maximum Gasteiger partial charge on any atom is 0.221 e. The highest BCUT2D eigenvalue weighted by molar-refractivity contribution is 7.99. The van der Waals surface area contributed by atoms with Crippen LogP contribution in [0.1, 0.15) is 27.6 Å². The van der Waals surface area contributed by atoms with Crippen molar-refractivity contribution in [2.24, 2.45) is 0 Å². The molecule has 0 heterocycles. The number of carbonyl (C=O) groups is 3. The van der Waals surface area contributed by atoms with Crippen molar-refractivity contribution in [2.75, 3.05) is 5.32 Å². The minimum Gasteiger partial charge on any atom is -0.545 e. The van der Waals surface area contributed by atoms with E-state index in [1.165, 1.54) is 31.2 Å². The number of hydrogen-bond donors (Lipinski definition) is 1. The van der Waals surface area contributed by atoms with Crippen molar-refractivity contribution >= 4 is 35.3 Å². The molecule has 1 N–H and O–H groups in total. The molecule has 0 unspecified atom stereocenters. The van der Waals surface area contributed by atoms with Crippen LogP contribution < -0.4 is 15.5 Å². The Kier molecular flexibility index (Phi) is 5.02. The lowest BCUT2D eigenvalue weighted by atomic mass is 10.2. The minimum absolute atomic E-state index is 0.0345. The predicted octanol–water partition coefficient (Wildman–Crippen LogP) is 0.523. The smallest absolute Gasteiger partial charge is 0.221 e. The van der Waals surface area contributed by atoms with E-state index in [0.717, 1.165) is 11.8 Å². The molecule has 118 valence electrons. The molecule has 7 heteroatoms. The van der Waals surface area contributed by atoms with Crippen LogP contribution in [-0.2, 0) is 4.79 Å². The third-order valence-electron chi connectivity index (χ3n) is 2.85. The molecule has 0 aliphatic rings. The highest BCUT2D eigenvalue weighted by Gasteiger charge is 2.11. The number of anilines is 1. The van der Waals surface area contributed by atoms with E-state index >= 15 is 0 Å². The van der Waals surface area contributed by atoms with E-state index in [9.17, 15) is 24.6 Å². The highest BCUT2D eigenvalue weighted by atomic mass is 32.2. The molecule has 0 fully saturated rings. The molecule has 0 atom stereocenters. The largest absolute Gasteiger partial charge is 0.545 e. The second-order valence-corrected chi connectivity index (χ2v) is 5.65. The average Bonchev–Trinajstić information content (AvgIpc) is 2.48. The normalized spacial score (nSPS) is 10.1. The van der Waals surface area contributed by atoms with Crippen LogP contribution in [0.25, 0.3) is 0 Å². The first kappa shape index (κ1) is 16.6. The molecule has 2 aromatic rings. The van der Waals surface area contributed by atoms with E-state index < -0.39 is 11.9 Å². The van der Waals surface area contributed by atoms with Gasteiger partial charge in [-0.25, -0.2) is 0 Å². The Hall–Kier alpha value is -2.80. The van der Waals surface area contributed by atoms with Gasteiger partial charge in [0.2, 0.25) is 5.91 Å². The number of aromatic carboxylic acids is 2. The van der Waals surface area contributed by atoms with E-state index in [-0.39, 0.29) is 17.0 Å². The van der Waals surface area contributed by atoms with Crippen molar-refractivity contribution in [2.45, 2.75) is 16.7 Å².